The van der Waals surface area contributed by atoms with Gasteiger partial charge in [-0.25, -0.2) is 5.01 Å². The number of rotatable bonds is 6. The molecule has 1 saturated heterocycles. The van der Waals surface area contributed by atoms with E-state index in [2.05, 4.69) is 50.1 Å². The number of halogens is 3. The van der Waals surface area contributed by atoms with Crippen molar-refractivity contribution in [3.63, 3.8) is 0 Å². The van der Waals surface area contributed by atoms with Crippen LogP contribution in [0, 0.1) is 5.92 Å². The van der Waals surface area contributed by atoms with Gasteiger partial charge < -0.3 is 5.01 Å². The summed E-state index contributed by atoms with van der Waals surface area (Å²) in [6.45, 7) is 16.0. The number of hydrogen-bond donors (Lipinski definition) is 0. The minimum Gasteiger partial charge on any atom is -0.303 e. The summed E-state index contributed by atoms with van der Waals surface area (Å²) >= 11 is 23.5. The Labute approximate surface area is 234 Å². The topological polar surface area (TPSA) is 6.48 Å². The molecule has 2 unspecified atom stereocenters. The van der Waals surface area contributed by atoms with Gasteiger partial charge in [0.1, 0.15) is 0 Å². The molecule has 0 aromatic heterocycles. The molecule has 0 spiro atoms. The molecule has 2 aromatic carbocycles. The van der Waals surface area contributed by atoms with Gasteiger partial charge in [-0.3, -0.25) is 0 Å². The molecule has 1 heterocycles. The van der Waals surface area contributed by atoms with Gasteiger partial charge in [-0.05, 0) is 60.8 Å². The molecule has 0 bridgehead atoms. The first-order valence-electron chi connectivity index (χ1n) is 11.6. The molecule has 2 nitrogen and oxygen atoms in total. The molecule has 1 fully saturated rings. The van der Waals surface area contributed by atoms with E-state index in [0.29, 0.717) is 16.0 Å². The van der Waals surface area contributed by atoms with Gasteiger partial charge in [0, 0.05) is 35.6 Å². The molecule has 7 heteroatoms. The molecule has 0 N–H and O–H groups in total. The highest BCUT2D eigenvalue weighted by Gasteiger charge is 2.32. The molecule has 3 rings (SSSR count). The Morgan fingerprint density at radius 1 is 1.06 bits per heavy atom. The number of anilines is 1. The van der Waals surface area contributed by atoms with Crippen LogP contribution in [0.2, 0.25) is 10.0 Å². The normalized spacial score (nSPS) is 16.1. The molecule has 2 aromatic rings. The second-order valence-corrected chi connectivity index (χ2v) is 10.7. The second-order valence-electron chi connectivity index (χ2n) is 7.94. The predicted octanol–water partition coefficient (Wildman–Crippen LogP) is 9.02. The van der Waals surface area contributed by atoms with Gasteiger partial charge >= 0.3 is 0 Å². The molecule has 1 aliphatic heterocycles. The predicted molar refractivity (Wildman–Crippen MR) is 167 cm³/mol. The van der Waals surface area contributed by atoms with Crippen LogP contribution in [0.25, 0.3) is 0 Å². The summed E-state index contributed by atoms with van der Waals surface area (Å²) in [5.41, 5.74) is 3.36. The van der Waals surface area contributed by atoms with Gasteiger partial charge in [-0.15, -0.1) is 9.24 Å². The van der Waals surface area contributed by atoms with Gasteiger partial charge in [-0.2, -0.15) is 0 Å². The highest BCUT2D eigenvalue weighted by Crippen LogP contribution is 2.34. The summed E-state index contributed by atoms with van der Waals surface area (Å²) in [6, 6.07) is 14.2. The zero-order chi connectivity index (χ0) is 26.5. The van der Waals surface area contributed by atoms with Gasteiger partial charge in [0.15, 0.2) is 0 Å². The molecular weight excluding hydrogens is 534 g/mol. The minimum atomic E-state index is 0.354. The zero-order valence-corrected chi connectivity index (χ0v) is 25.4. The largest absolute Gasteiger partial charge is 0.303 e. The van der Waals surface area contributed by atoms with Crippen LogP contribution < -0.4 is 10.3 Å². The van der Waals surface area contributed by atoms with Gasteiger partial charge in [0.2, 0.25) is 0 Å². The van der Waals surface area contributed by atoms with Crippen molar-refractivity contribution in [1.29, 1.82) is 0 Å². The zero-order valence-electron chi connectivity index (χ0n) is 21.2. The van der Waals surface area contributed by atoms with Crippen molar-refractivity contribution < 1.29 is 0 Å². The first-order valence-corrected chi connectivity index (χ1v) is 13.7. The fraction of sp³-hybridized carbons (Fsp3) is 0.321. The van der Waals surface area contributed by atoms with Gasteiger partial charge in [-0.1, -0.05) is 109 Å². The Hall–Kier alpha value is -1.19. The lowest BCUT2D eigenvalue weighted by Gasteiger charge is -2.30. The average molecular weight is 570 g/mol. The summed E-state index contributed by atoms with van der Waals surface area (Å²) in [4.78, 5) is 1.04. The third-order valence-electron chi connectivity index (χ3n) is 5.17. The fourth-order valence-corrected chi connectivity index (χ4v) is 4.14. The SMILES string of the molecule is C=C/C(C)=C\C=C(/C)Cl.CC.CC(=S)C1CN(Cc2ccc(P)cc2)N(c2ccc(Cl)cc2Cl)C1. The Balaban J connectivity index is 0.000000473. The third-order valence-corrected chi connectivity index (χ3v) is 6.55. The molecular formula is C28H36Cl3N2PS. The Kier molecular flexibility index (Phi) is 15.0. The highest BCUT2D eigenvalue weighted by atomic mass is 35.5. The van der Waals surface area contributed by atoms with Crippen LogP contribution in [0.15, 0.2) is 77.9 Å². The van der Waals surface area contributed by atoms with E-state index >= 15 is 0 Å². The van der Waals surface area contributed by atoms with E-state index in [-0.39, 0.29) is 0 Å². The number of benzene rings is 2. The summed E-state index contributed by atoms with van der Waals surface area (Å²) in [6.07, 6.45) is 5.56. The van der Waals surface area contributed by atoms with Crippen LogP contribution in [-0.2, 0) is 6.54 Å². The maximum Gasteiger partial charge on any atom is 0.0709 e. The third kappa shape index (κ3) is 11.2. The Morgan fingerprint density at radius 3 is 2.20 bits per heavy atom. The van der Waals surface area contributed by atoms with Crippen molar-refractivity contribution in [2.45, 2.75) is 41.2 Å². The molecule has 0 saturated carbocycles. The minimum absolute atomic E-state index is 0.354. The van der Waals surface area contributed by atoms with Crippen LogP contribution in [0.3, 0.4) is 0 Å². The van der Waals surface area contributed by atoms with Crippen LogP contribution in [-0.4, -0.2) is 23.0 Å². The van der Waals surface area contributed by atoms with Crippen LogP contribution in [0.1, 0.15) is 40.2 Å². The lowest BCUT2D eigenvalue weighted by atomic mass is 10.1. The number of hydrogen-bond acceptors (Lipinski definition) is 3. The van der Waals surface area contributed by atoms with Crippen molar-refractivity contribution in [2.24, 2.45) is 5.92 Å². The summed E-state index contributed by atoms with van der Waals surface area (Å²) < 4.78 is 0. The fourth-order valence-electron chi connectivity index (χ4n) is 3.23. The molecule has 0 radical (unpaired) electrons. The Morgan fingerprint density at radius 2 is 1.69 bits per heavy atom. The molecule has 0 aliphatic carbocycles. The van der Waals surface area contributed by atoms with Crippen molar-refractivity contribution in [3.05, 3.63) is 93.5 Å². The van der Waals surface area contributed by atoms with Crippen LogP contribution >= 0.6 is 56.3 Å². The monoisotopic (exact) mass is 568 g/mol. The van der Waals surface area contributed by atoms with E-state index in [9.17, 15) is 0 Å². The van der Waals surface area contributed by atoms with Crippen molar-refractivity contribution in [3.8, 4) is 0 Å². The molecule has 2 atom stereocenters. The lowest BCUT2D eigenvalue weighted by molar-refractivity contribution is 0.299. The number of allylic oxidation sites excluding steroid dienone is 5. The number of nitrogens with zero attached hydrogens (tertiary/aromatic N) is 2. The van der Waals surface area contributed by atoms with Gasteiger partial charge in [0.25, 0.3) is 0 Å². The standard InChI is InChI=1S/C18H19Cl2N2PS.C8H11Cl.C2H6/c1-12(24)14-10-21(9-13-2-5-16(23)6-3-13)22(11-14)18-7-4-15(19)8-17(18)20;1-4-7(2)5-6-8(3)9;1-2/h2-8,14H,9-11,23H2,1H3;4-6H,1H2,2-3H3;1-2H3/b;7-5-,8-6+;. The van der Waals surface area contributed by atoms with E-state index in [0.717, 1.165) is 40.8 Å². The van der Waals surface area contributed by atoms with E-state index in [1.807, 2.05) is 58.9 Å². The van der Waals surface area contributed by atoms with E-state index < -0.39 is 0 Å². The molecule has 1 aliphatic rings. The Bertz CT molecular complexity index is 1030. The maximum absolute atomic E-state index is 6.44. The lowest BCUT2D eigenvalue weighted by Crippen LogP contribution is -2.36. The summed E-state index contributed by atoms with van der Waals surface area (Å²) in [5, 5.41) is 7.83. The number of hydrazine groups is 1. The summed E-state index contributed by atoms with van der Waals surface area (Å²) in [7, 11) is 2.71. The molecule has 35 heavy (non-hydrogen) atoms. The summed E-state index contributed by atoms with van der Waals surface area (Å²) in [5.74, 6) is 0.354. The second kappa shape index (κ2) is 16.5. The molecule has 190 valence electrons. The van der Waals surface area contributed by atoms with Crippen LogP contribution in [0.4, 0.5) is 5.69 Å². The van der Waals surface area contributed by atoms with E-state index in [4.69, 9.17) is 47.0 Å². The smallest absolute Gasteiger partial charge is 0.0709 e. The van der Waals surface area contributed by atoms with E-state index in [1.165, 1.54) is 10.9 Å². The average Bonchev–Trinajstić information content (AvgIpc) is 3.24. The number of thiocarbonyl (C=S) groups is 1. The van der Waals surface area contributed by atoms with Gasteiger partial charge in [0.05, 0.1) is 10.7 Å². The maximum atomic E-state index is 6.44. The van der Waals surface area contributed by atoms with Crippen molar-refractivity contribution >= 4 is 72.1 Å². The highest BCUT2D eigenvalue weighted by molar-refractivity contribution is 7.80. The first-order chi connectivity index (χ1) is 16.6. The van der Waals surface area contributed by atoms with Crippen LogP contribution in [0.5, 0.6) is 0 Å². The van der Waals surface area contributed by atoms with E-state index in [1.54, 1.807) is 12.1 Å². The van der Waals surface area contributed by atoms with Crippen molar-refractivity contribution in [1.82, 2.24) is 5.01 Å². The molecule has 0 amide bonds. The van der Waals surface area contributed by atoms with Crippen molar-refractivity contribution in [2.75, 3.05) is 18.1 Å². The quantitative estimate of drug-likeness (QED) is 0.195. The first kappa shape index (κ1) is 31.8.